The second-order valence-electron chi connectivity index (χ2n) is 5.01. The first-order valence-corrected chi connectivity index (χ1v) is 7.77. The quantitative estimate of drug-likeness (QED) is 0.834. The van der Waals surface area contributed by atoms with Crippen LogP contribution in [0.1, 0.15) is 17.5 Å². The maximum absolute atomic E-state index is 11.9. The number of morpholine rings is 1. The van der Waals surface area contributed by atoms with Gasteiger partial charge in [0.15, 0.2) is 0 Å². The predicted molar refractivity (Wildman–Crippen MR) is 82.6 cm³/mol. The standard InChI is InChI=1S/C15H21BrN2O2/c1-12-2-3-13(14(16)10-12)11-17-5-4-15(19)18-6-8-20-9-7-18/h2-3,10,17H,4-9,11H2,1H3. The fraction of sp³-hybridized carbons (Fsp3) is 0.533. The molecule has 0 aliphatic carbocycles. The van der Waals surface area contributed by atoms with Gasteiger partial charge in [-0.3, -0.25) is 4.79 Å². The molecule has 1 fully saturated rings. The number of nitrogens with zero attached hydrogens (tertiary/aromatic N) is 1. The molecule has 0 saturated carbocycles. The van der Waals surface area contributed by atoms with E-state index in [4.69, 9.17) is 4.74 Å². The van der Waals surface area contributed by atoms with Crippen LogP contribution in [0.4, 0.5) is 0 Å². The Kier molecular flexibility index (Phi) is 6.01. The van der Waals surface area contributed by atoms with Crippen LogP contribution in [0.25, 0.3) is 0 Å². The number of carbonyl (C=O) groups is 1. The first kappa shape index (κ1) is 15.5. The molecule has 1 aliphatic heterocycles. The van der Waals surface area contributed by atoms with Gasteiger partial charge in [-0.1, -0.05) is 28.1 Å². The summed E-state index contributed by atoms with van der Waals surface area (Å²) < 4.78 is 6.36. The van der Waals surface area contributed by atoms with Gasteiger partial charge in [0.2, 0.25) is 5.91 Å². The number of aryl methyl sites for hydroxylation is 1. The van der Waals surface area contributed by atoms with Gasteiger partial charge in [0.1, 0.15) is 0 Å². The minimum absolute atomic E-state index is 0.212. The minimum atomic E-state index is 0.212. The summed E-state index contributed by atoms with van der Waals surface area (Å²) in [6.07, 6.45) is 0.545. The molecule has 0 unspecified atom stereocenters. The minimum Gasteiger partial charge on any atom is -0.378 e. The highest BCUT2D eigenvalue weighted by atomic mass is 79.9. The van der Waals surface area contributed by atoms with Gasteiger partial charge < -0.3 is 15.0 Å². The Hall–Kier alpha value is -0.910. The van der Waals surface area contributed by atoms with E-state index in [0.29, 0.717) is 26.2 Å². The van der Waals surface area contributed by atoms with Crippen LogP contribution in [0.15, 0.2) is 22.7 Å². The van der Waals surface area contributed by atoms with Crippen molar-refractivity contribution in [3.63, 3.8) is 0 Å². The van der Waals surface area contributed by atoms with Crippen LogP contribution >= 0.6 is 15.9 Å². The van der Waals surface area contributed by atoms with Gasteiger partial charge in [0.25, 0.3) is 0 Å². The fourth-order valence-corrected chi connectivity index (χ4v) is 2.82. The zero-order valence-electron chi connectivity index (χ0n) is 11.8. The average Bonchev–Trinajstić information content (AvgIpc) is 2.46. The number of hydrogen-bond donors (Lipinski definition) is 1. The Morgan fingerprint density at radius 3 is 2.85 bits per heavy atom. The molecule has 5 heteroatoms. The van der Waals surface area contributed by atoms with E-state index in [1.54, 1.807) is 0 Å². The van der Waals surface area contributed by atoms with Crippen LogP contribution in [0.5, 0.6) is 0 Å². The highest BCUT2D eigenvalue weighted by Crippen LogP contribution is 2.17. The number of nitrogens with one attached hydrogen (secondary N) is 1. The molecular formula is C15H21BrN2O2. The Labute approximate surface area is 128 Å². The predicted octanol–water partition coefficient (Wildman–Crippen LogP) is 2.10. The van der Waals surface area contributed by atoms with Gasteiger partial charge in [0, 0.05) is 37.1 Å². The summed E-state index contributed by atoms with van der Waals surface area (Å²) in [6.45, 7) is 6.33. The molecule has 1 heterocycles. The van der Waals surface area contributed by atoms with Gasteiger partial charge in [0.05, 0.1) is 13.2 Å². The number of halogens is 1. The Bertz CT molecular complexity index is 459. The molecule has 1 aromatic rings. The first-order chi connectivity index (χ1) is 9.66. The van der Waals surface area contributed by atoms with Crippen molar-refractivity contribution in [1.82, 2.24) is 10.2 Å². The molecule has 0 aromatic heterocycles. The largest absolute Gasteiger partial charge is 0.378 e. The van der Waals surface area contributed by atoms with Gasteiger partial charge >= 0.3 is 0 Å². The number of carbonyl (C=O) groups excluding carboxylic acids is 1. The number of rotatable bonds is 5. The van der Waals surface area contributed by atoms with Crippen LogP contribution < -0.4 is 5.32 Å². The highest BCUT2D eigenvalue weighted by Gasteiger charge is 2.15. The van der Waals surface area contributed by atoms with Gasteiger partial charge in [-0.05, 0) is 24.1 Å². The third-order valence-corrected chi connectivity index (χ3v) is 4.14. The Balaban J connectivity index is 1.69. The van der Waals surface area contributed by atoms with Crippen molar-refractivity contribution in [3.05, 3.63) is 33.8 Å². The summed E-state index contributed by atoms with van der Waals surface area (Å²) in [6, 6.07) is 6.31. The molecule has 1 aromatic carbocycles. The average molecular weight is 341 g/mol. The lowest BCUT2D eigenvalue weighted by Crippen LogP contribution is -2.41. The van der Waals surface area contributed by atoms with E-state index in [9.17, 15) is 4.79 Å². The van der Waals surface area contributed by atoms with E-state index in [-0.39, 0.29) is 5.91 Å². The molecule has 110 valence electrons. The maximum atomic E-state index is 11.9. The van der Waals surface area contributed by atoms with E-state index >= 15 is 0 Å². The smallest absolute Gasteiger partial charge is 0.224 e. The molecule has 1 saturated heterocycles. The van der Waals surface area contributed by atoms with Crippen molar-refractivity contribution in [2.45, 2.75) is 19.9 Å². The zero-order valence-corrected chi connectivity index (χ0v) is 13.4. The van der Waals surface area contributed by atoms with E-state index in [2.05, 4.69) is 46.4 Å². The van der Waals surface area contributed by atoms with Gasteiger partial charge in [-0.2, -0.15) is 0 Å². The molecule has 1 amide bonds. The maximum Gasteiger partial charge on any atom is 0.224 e. The molecule has 0 radical (unpaired) electrons. The molecule has 20 heavy (non-hydrogen) atoms. The van der Waals surface area contributed by atoms with Crippen LogP contribution in [0.3, 0.4) is 0 Å². The van der Waals surface area contributed by atoms with Crippen molar-refractivity contribution < 1.29 is 9.53 Å². The molecular weight excluding hydrogens is 320 g/mol. The molecule has 1 aliphatic rings. The third-order valence-electron chi connectivity index (χ3n) is 3.40. The first-order valence-electron chi connectivity index (χ1n) is 6.98. The summed E-state index contributed by atoms with van der Waals surface area (Å²) >= 11 is 3.56. The van der Waals surface area contributed by atoms with Gasteiger partial charge in [-0.25, -0.2) is 0 Å². The molecule has 0 spiro atoms. The van der Waals surface area contributed by atoms with E-state index < -0.39 is 0 Å². The van der Waals surface area contributed by atoms with Gasteiger partial charge in [-0.15, -0.1) is 0 Å². The zero-order chi connectivity index (χ0) is 14.4. The highest BCUT2D eigenvalue weighted by molar-refractivity contribution is 9.10. The number of benzene rings is 1. The number of hydrogen-bond acceptors (Lipinski definition) is 3. The van der Waals surface area contributed by atoms with E-state index in [1.165, 1.54) is 11.1 Å². The normalized spacial score (nSPS) is 15.4. The second-order valence-corrected chi connectivity index (χ2v) is 5.87. The molecule has 0 atom stereocenters. The number of amides is 1. The van der Waals surface area contributed by atoms with Crippen molar-refractivity contribution in [2.75, 3.05) is 32.8 Å². The van der Waals surface area contributed by atoms with Crippen LogP contribution in [-0.2, 0) is 16.1 Å². The van der Waals surface area contributed by atoms with Crippen LogP contribution in [0, 0.1) is 6.92 Å². The lowest BCUT2D eigenvalue weighted by atomic mass is 10.1. The molecule has 0 bridgehead atoms. The SMILES string of the molecule is Cc1ccc(CNCCC(=O)N2CCOCC2)c(Br)c1. The summed E-state index contributed by atoms with van der Waals surface area (Å²) in [5.41, 5.74) is 2.46. The van der Waals surface area contributed by atoms with Crippen LogP contribution in [-0.4, -0.2) is 43.7 Å². The van der Waals surface area contributed by atoms with Crippen molar-refractivity contribution >= 4 is 21.8 Å². The summed E-state index contributed by atoms with van der Waals surface area (Å²) in [4.78, 5) is 13.8. The topological polar surface area (TPSA) is 41.6 Å². The summed E-state index contributed by atoms with van der Waals surface area (Å²) in [5, 5.41) is 3.32. The second kappa shape index (κ2) is 7.76. The fourth-order valence-electron chi connectivity index (χ4n) is 2.18. The van der Waals surface area contributed by atoms with Crippen molar-refractivity contribution in [3.8, 4) is 0 Å². The number of ether oxygens (including phenoxy) is 1. The molecule has 1 N–H and O–H groups in total. The Morgan fingerprint density at radius 1 is 1.40 bits per heavy atom. The summed E-state index contributed by atoms with van der Waals surface area (Å²) in [5.74, 6) is 0.212. The Morgan fingerprint density at radius 2 is 2.15 bits per heavy atom. The molecule has 2 rings (SSSR count). The lowest BCUT2D eigenvalue weighted by molar-refractivity contribution is -0.135. The molecule has 4 nitrogen and oxygen atoms in total. The van der Waals surface area contributed by atoms with Crippen molar-refractivity contribution in [1.29, 1.82) is 0 Å². The van der Waals surface area contributed by atoms with Crippen molar-refractivity contribution in [2.24, 2.45) is 0 Å². The van der Waals surface area contributed by atoms with E-state index in [1.807, 2.05) is 4.90 Å². The third kappa shape index (κ3) is 4.58. The van der Waals surface area contributed by atoms with E-state index in [0.717, 1.165) is 24.1 Å². The lowest BCUT2D eigenvalue weighted by Gasteiger charge is -2.26. The monoisotopic (exact) mass is 340 g/mol. The van der Waals surface area contributed by atoms with Crippen LogP contribution in [0.2, 0.25) is 0 Å². The summed E-state index contributed by atoms with van der Waals surface area (Å²) in [7, 11) is 0.